The Kier molecular flexibility index (Phi) is 3.42. The van der Waals surface area contributed by atoms with Crippen molar-refractivity contribution in [3.63, 3.8) is 0 Å². The summed E-state index contributed by atoms with van der Waals surface area (Å²) < 4.78 is 3.14. The summed E-state index contributed by atoms with van der Waals surface area (Å²) >= 11 is 0. The van der Waals surface area contributed by atoms with Crippen LogP contribution in [0.5, 0.6) is 0 Å². The Morgan fingerprint density at radius 3 is 2.62 bits per heavy atom. The topological polar surface area (TPSA) is 65.6 Å². The van der Waals surface area contributed by atoms with Crippen LogP contribution in [0.2, 0.25) is 0 Å². The molecule has 1 aromatic carbocycles. The number of aryl methyl sites for hydroxylation is 1. The number of pyridine rings is 1. The molecular weight excluding hydrogens is 302 g/mol. The molecule has 0 aliphatic carbocycles. The number of hydrogen-bond acceptors (Lipinski definition) is 4. The van der Waals surface area contributed by atoms with Crippen LogP contribution in [-0.4, -0.2) is 24.5 Å². The zero-order valence-corrected chi connectivity index (χ0v) is 13.1. The molecule has 3 aromatic heterocycles. The highest BCUT2D eigenvalue weighted by Gasteiger charge is 2.15. The fourth-order valence-corrected chi connectivity index (χ4v) is 2.76. The van der Waals surface area contributed by atoms with Crippen LogP contribution in [0.25, 0.3) is 16.6 Å². The van der Waals surface area contributed by atoms with E-state index >= 15 is 0 Å². The van der Waals surface area contributed by atoms with E-state index < -0.39 is 0 Å². The lowest BCUT2D eigenvalue weighted by Crippen LogP contribution is -2.26. The zero-order chi connectivity index (χ0) is 16.5. The number of benzene rings is 1. The molecule has 0 radical (unpaired) electrons. The molecule has 0 saturated carbocycles. The van der Waals surface area contributed by atoms with Gasteiger partial charge in [0, 0.05) is 17.8 Å². The van der Waals surface area contributed by atoms with Crippen LogP contribution >= 0.6 is 0 Å². The van der Waals surface area contributed by atoms with Gasteiger partial charge in [-0.25, -0.2) is 9.36 Å². The van der Waals surface area contributed by atoms with Gasteiger partial charge >= 0.3 is 0 Å². The van der Waals surface area contributed by atoms with E-state index in [1.54, 1.807) is 23.3 Å². The zero-order valence-electron chi connectivity index (χ0n) is 13.1. The lowest BCUT2D eigenvalue weighted by molar-refractivity contribution is 0.633. The Hall–Kier alpha value is -3.28. The van der Waals surface area contributed by atoms with Gasteiger partial charge in [-0.1, -0.05) is 24.3 Å². The van der Waals surface area contributed by atoms with Gasteiger partial charge in [0.1, 0.15) is 5.52 Å². The fourth-order valence-electron chi connectivity index (χ4n) is 2.76. The quantitative estimate of drug-likeness (QED) is 0.582. The molecule has 0 bridgehead atoms. The molecule has 0 atom stereocenters. The van der Waals surface area contributed by atoms with Gasteiger partial charge in [0.05, 0.1) is 24.1 Å². The summed E-state index contributed by atoms with van der Waals surface area (Å²) in [6, 6.07) is 13.4. The molecule has 24 heavy (non-hydrogen) atoms. The number of aromatic nitrogens is 5. The van der Waals surface area contributed by atoms with Crippen LogP contribution in [0.1, 0.15) is 11.3 Å². The predicted molar refractivity (Wildman–Crippen MR) is 91.2 cm³/mol. The normalized spacial score (nSPS) is 11.0. The molecule has 0 spiro atoms. The second-order valence-electron chi connectivity index (χ2n) is 5.56. The minimum absolute atomic E-state index is 0.166. The third kappa shape index (κ3) is 2.38. The minimum atomic E-state index is -0.166. The number of hydrogen-bond donors (Lipinski definition) is 0. The molecule has 3 heterocycles. The average molecular weight is 317 g/mol. The summed E-state index contributed by atoms with van der Waals surface area (Å²) in [5.74, 6) is 0. The van der Waals surface area contributed by atoms with Crippen LogP contribution in [0.4, 0.5) is 0 Å². The summed E-state index contributed by atoms with van der Waals surface area (Å²) in [5.41, 5.74) is 2.92. The van der Waals surface area contributed by atoms with Crippen LogP contribution in [0.15, 0.2) is 65.8 Å². The predicted octanol–water partition coefficient (Wildman–Crippen LogP) is 2.33. The van der Waals surface area contributed by atoms with Gasteiger partial charge in [-0.3, -0.25) is 9.78 Å². The standard InChI is InChI=1S/C18H15N5O/c1-13-16-11-20-23(15-7-3-2-4-8-15)17(16)18(24)22(21-13)12-14-6-5-9-19-10-14/h2-11H,12H2,1H3. The van der Waals surface area contributed by atoms with Gasteiger partial charge in [0.15, 0.2) is 0 Å². The van der Waals surface area contributed by atoms with Crippen molar-refractivity contribution in [2.75, 3.05) is 0 Å². The summed E-state index contributed by atoms with van der Waals surface area (Å²) in [6.07, 6.45) is 5.14. The lowest BCUT2D eigenvalue weighted by atomic mass is 10.2. The van der Waals surface area contributed by atoms with Crippen molar-refractivity contribution in [3.8, 4) is 5.69 Å². The SMILES string of the molecule is Cc1nn(Cc2cccnc2)c(=O)c2c1cnn2-c1ccccc1. The molecule has 0 fully saturated rings. The third-order valence-corrected chi connectivity index (χ3v) is 3.92. The first-order valence-corrected chi connectivity index (χ1v) is 7.64. The second-order valence-corrected chi connectivity index (χ2v) is 5.56. The maximum atomic E-state index is 13.0. The van der Waals surface area contributed by atoms with Crippen molar-refractivity contribution >= 4 is 10.9 Å². The van der Waals surface area contributed by atoms with E-state index in [1.165, 1.54) is 4.68 Å². The first-order valence-electron chi connectivity index (χ1n) is 7.64. The molecule has 118 valence electrons. The highest BCUT2D eigenvalue weighted by atomic mass is 16.1. The maximum absolute atomic E-state index is 13.0. The van der Waals surface area contributed by atoms with Crippen molar-refractivity contribution in [1.29, 1.82) is 0 Å². The maximum Gasteiger partial charge on any atom is 0.293 e. The van der Waals surface area contributed by atoms with Crippen molar-refractivity contribution in [3.05, 3.63) is 82.7 Å². The summed E-state index contributed by atoms with van der Waals surface area (Å²) in [4.78, 5) is 17.0. The fraction of sp³-hybridized carbons (Fsp3) is 0.111. The van der Waals surface area contributed by atoms with Gasteiger partial charge in [-0.05, 0) is 30.7 Å². The monoisotopic (exact) mass is 317 g/mol. The summed E-state index contributed by atoms with van der Waals surface area (Å²) in [5, 5.41) is 9.58. The Morgan fingerprint density at radius 1 is 1.04 bits per heavy atom. The summed E-state index contributed by atoms with van der Waals surface area (Å²) in [7, 11) is 0. The van der Waals surface area contributed by atoms with E-state index in [-0.39, 0.29) is 5.56 Å². The Balaban J connectivity index is 1.92. The molecule has 0 amide bonds. The first-order chi connectivity index (χ1) is 11.7. The number of nitrogens with zero attached hydrogens (tertiary/aromatic N) is 5. The Morgan fingerprint density at radius 2 is 1.88 bits per heavy atom. The van der Waals surface area contributed by atoms with Crippen LogP contribution < -0.4 is 5.56 Å². The molecule has 0 saturated heterocycles. The van der Waals surface area contributed by atoms with Crippen molar-refractivity contribution < 1.29 is 0 Å². The third-order valence-electron chi connectivity index (χ3n) is 3.92. The molecule has 4 rings (SSSR count). The highest BCUT2D eigenvalue weighted by molar-refractivity contribution is 5.81. The number of fused-ring (bicyclic) bond motifs is 1. The number of para-hydroxylation sites is 1. The van der Waals surface area contributed by atoms with Gasteiger partial charge in [-0.15, -0.1) is 0 Å². The van der Waals surface area contributed by atoms with Gasteiger partial charge in [0.2, 0.25) is 0 Å². The largest absolute Gasteiger partial charge is 0.293 e. The first kappa shape index (κ1) is 14.3. The van der Waals surface area contributed by atoms with Crippen molar-refractivity contribution in [2.24, 2.45) is 0 Å². The average Bonchev–Trinajstić information content (AvgIpc) is 3.07. The Labute approximate surface area is 138 Å². The van der Waals surface area contributed by atoms with Crippen molar-refractivity contribution in [1.82, 2.24) is 24.5 Å². The van der Waals surface area contributed by atoms with Gasteiger partial charge < -0.3 is 0 Å². The van der Waals surface area contributed by atoms with Crippen LogP contribution in [-0.2, 0) is 6.54 Å². The van der Waals surface area contributed by atoms with Gasteiger partial charge in [0.25, 0.3) is 5.56 Å². The molecular formula is C18H15N5O. The highest BCUT2D eigenvalue weighted by Crippen LogP contribution is 2.17. The van der Waals surface area contributed by atoms with Crippen LogP contribution in [0.3, 0.4) is 0 Å². The van der Waals surface area contributed by atoms with E-state index in [0.29, 0.717) is 12.1 Å². The molecule has 4 aromatic rings. The minimum Gasteiger partial charge on any atom is -0.265 e. The molecule has 0 aliphatic heterocycles. The number of rotatable bonds is 3. The second kappa shape index (κ2) is 5.73. The van der Waals surface area contributed by atoms with E-state index in [2.05, 4.69) is 15.2 Å². The van der Waals surface area contributed by atoms with Gasteiger partial charge in [-0.2, -0.15) is 10.2 Å². The molecule has 6 nitrogen and oxygen atoms in total. The molecule has 0 aliphatic rings. The van der Waals surface area contributed by atoms with E-state index in [4.69, 9.17) is 0 Å². The summed E-state index contributed by atoms with van der Waals surface area (Å²) in [6.45, 7) is 2.27. The molecule has 0 N–H and O–H groups in total. The van der Waals surface area contributed by atoms with E-state index in [1.807, 2.05) is 49.4 Å². The Bertz CT molecular complexity index is 1050. The van der Waals surface area contributed by atoms with E-state index in [9.17, 15) is 4.79 Å². The van der Waals surface area contributed by atoms with Crippen LogP contribution in [0, 0.1) is 6.92 Å². The molecule has 6 heteroatoms. The lowest BCUT2D eigenvalue weighted by Gasteiger charge is -2.08. The van der Waals surface area contributed by atoms with E-state index in [0.717, 1.165) is 22.3 Å². The smallest absolute Gasteiger partial charge is 0.265 e. The molecule has 0 unspecified atom stereocenters. The van der Waals surface area contributed by atoms with Crippen molar-refractivity contribution in [2.45, 2.75) is 13.5 Å².